The maximum atomic E-state index is 14.2. The van der Waals surface area contributed by atoms with Crippen molar-refractivity contribution in [1.82, 2.24) is 10.2 Å². The molecule has 0 aromatic heterocycles. The lowest BCUT2D eigenvalue weighted by Gasteiger charge is -2.57. The molecule has 1 amide bonds. The zero-order chi connectivity index (χ0) is 27.6. The van der Waals surface area contributed by atoms with E-state index < -0.39 is 5.41 Å². The Bertz CT molecular complexity index is 1290. The van der Waals surface area contributed by atoms with Crippen LogP contribution in [0.1, 0.15) is 75.0 Å². The number of benzene rings is 3. The molecular weight excluding hydrogens is 492 g/mol. The van der Waals surface area contributed by atoms with E-state index in [1.807, 2.05) is 18.2 Å². The van der Waals surface area contributed by atoms with E-state index in [-0.39, 0.29) is 17.4 Å². The van der Waals surface area contributed by atoms with Gasteiger partial charge in [0.2, 0.25) is 5.91 Å². The molecule has 4 atom stereocenters. The van der Waals surface area contributed by atoms with Crippen molar-refractivity contribution in [1.29, 1.82) is 0 Å². The quantitative estimate of drug-likeness (QED) is 0.334. The summed E-state index contributed by atoms with van der Waals surface area (Å²) in [6.45, 7) is 4.52. The highest BCUT2D eigenvalue weighted by Crippen LogP contribution is 2.51. The number of aryl methyl sites for hydroxylation is 1. The first-order valence-corrected chi connectivity index (χ1v) is 15.4. The fourth-order valence-electron chi connectivity index (χ4n) is 8.35. The normalized spacial score (nSPS) is 27.8. The molecule has 3 aliphatic rings. The summed E-state index contributed by atoms with van der Waals surface area (Å²) in [4.78, 5) is 16.9. The van der Waals surface area contributed by atoms with Crippen molar-refractivity contribution in [3.8, 4) is 5.75 Å². The molecule has 2 saturated carbocycles. The highest BCUT2D eigenvalue weighted by atomic mass is 16.3. The average molecular weight is 537 g/mol. The van der Waals surface area contributed by atoms with Gasteiger partial charge in [0, 0.05) is 24.0 Å². The number of hydrogen-bond acceptors (Lipinski definition) is 3. The third kappa shape index (κ3) is 5.19. The number of piperidine rings is 1. The third-order valence-electron chi connectivity index (χ3n) is 10.5. The molecule has 3 aromatic carbocycles. The highest BCUT2D eigenvalue weighted by molar-refractivity contribution is 5.88. The molecule has 210 valence electrons. The molecule has 0 spiro atoms. The Balaban J connectivity index is 1.25. The number of nitrogens with one attached hydrogen (secondary N) is 1. The molecule has 2 aliphatic carbocycles. The number of aromatic hydroxyl groups is 1. The van der Waals surface area contributed by atoms with Crippen LogP contribution in [-0.2, 0) is 22.0 Å². The lowest BCUT2D eigenvalue weighted by molar-refractivity contribution is -0.128. The number of carbonyl (C=O) groups is 1. The zero-order valence-electron chi connectivity index (χ0n) is 23.9. The topological polar surface area (TPSA) is 52.6 Å². The van der Waals surface area contributed by atoms with E-state index in [9.17, 15) is 9.90 Å². The van der Waals surface area contributed by atoms with Crippen LogP contribution in [0.2, 0.25) is 0 Å². The molecule has 6 rings (SSSR count). The molecule has 40 heavy (non-hydrogen) atoms. The van der Waals surface area contributed by atoms with Gasteiger partial charge in [0.1, 0.15) is 5.75 Å². The molecule has 4 heteroatoms. The van der Waals surface area contributed by atoms with Crippen LogP contribution in [0.4, 0.5) is 0 Å². The molecule has 4 nitrogen and oxygen atoms in total. The van der Waals surface area contributed by atoms with Crippen molar-refractivity contribution < 1.29 is 9.90 Å². The Morgan fingerprint density at radius 3 is 2.35 bits per heavy atom. The summed E-state index contributed by atoms with van der Waals surface area (Å²) in [7, 11) is 0. The Morgan fingerprint density at radius 2 is 1.62 bits per heavy atom. The summed E-state index contributed by atoms with van der Waals surface area (Å²) in [6.07, 6.45) is 9.31. The summed E-state index contributed by atoms with van der Waals surface area (Å²) in [5, 5.41) is 14.1. The predicted molar refractivity (Wildman–Crippen MR) is 161 cm³/mol. The molecule has 1 heterocycles. The largest absolute Gasteiger partial charge is 0.508 e. The van der Waals surface area contributed by atoms with Gasteiger partial charge in [-0.05, 0) is 86.2 Å². The Labute approximate surface area is 239 Å². The van der Waals surface area contributed by atoms with Crippen molar-refractivity contribution >= 4 is 5.91 Å². The second-order valence-electron chi connectivity index (χ2n) is 12.8. The van der Waals surface area contributed by atoms with Gasteiger partial charge in [-0.25, -0.2) is 0 Å². The van der Waals surface area contributed by atoms with E-state index in [2.05, 4.69) is 77.8 Å². The minimum Gasteiger partial charge on any atom is -0.508 e. The minimum absolute atomic E-state index is 0.0505. The first-order chi connectivity index (χ1) is 19.5. The maximum absolute atomic E-state index is 14.2. The molecule has 0 radical (unpaired) electrons. The van der Waals surface area contributed by atoms with Crippen LogP contribution in [0.5, 0.6) is 5.75 Å². The van der Waals surface area contributed by atoms with Gasteiger partial charge >= 0.3 is 0 Å². The number of likely N-dealkylation sites (tertiary alicyclic amines) is 1. The van der Waals surface area contributed by atoms with Crippen LogP contribution in [0, 0.1) is 5.92 Å². The minimum atomic E-state index is -0.410. The average Bonchev–Trinajstić information content (AvgIpc) is 3.48. The molecule has 0 unspecified atom stereocenters. The van der Waals surface area contributed by atoms with Gasteiger partial charge in [0.25, 0.3) is 0 Å². The van der Waals surface area contributed by atoms with E-state index >= 15 is 0 Å². The van der Waals surface area contributed by atoms with Gasteiger partial charge in [-0.3, -0.25) is 9.69 Å². The molecule has 2 N–H and O–H groups in total. The van der Waals surface area contributed by atoms with Crippen molar-refractivity contribution in [3.05, 3.63) is 102 Å². The molecule has 3 fully saturated rings. The molecule has 2 bridgehead atoms. The molecule has 1 aliphatic heterocycles. The first-order valence-electron chi connectivity index (χ1n) is 15.4. The first kappa shape index (κ1) is 27.1. The van der Waals surface area contributed by atoms with Crippen LogP contribution in [0.25, 0.3) is 0 Å². The van der Waals surface area contributed by atoms with Gasteiger partial charge in [0.05, 0.1) is 5.41 Å². The van der Waals surface area contributed by atoms with Crippen LogP contribution in [0.3, 0.4) is 0 Å². The second-order valence-corrected chi connectivity index (χ2v) is 12.8. The number of carbonyl (C=O) groups excluding carboxylic acids is 1. The highest BCUT2D eigenvalue weighted by Gasteiger charge is 2.52. The zero-order valence-corrected chi connectivity index (χ0v) is 23.9. The Morgan fingerprint density at radius 1 is 0.925 bits per heavy atom. The van der Waals surface area contributed by atoms with Gasteiger partial charge in [-0.1, -0.05) is 92.6 Å². The number of hydrogen-bond donors (Lipinski definition) is 2. The van der Waals surface area contributed by atoms with Crippen molar-refractivity contribution in [2.24, 2.45) is 5.92 Å². The number of fused-ring (bicyclic) bond motifs is 2. The smallest absolute Gasteiger partial charge is 0.230 e. The fraction of sp³-hybridized carbons (Fsp3) is 0.472. The van der Waals surface area contributed by atoms with Gasteiger partial charge < -0.3 is 10.4 Å². The van der Waals surface area contributed by atoms with Crippen molar-refractivity contribution in [2.45, 2.75) is 87.6 Å². The lowest BCUT2D eigenvalue weighted by atomic mass is 9.57. The maximum Gasteiger partial charge on any atom is 0.230 e. The Hall–Kier alpha value is -3.11. The summed E-state index contributed by atoms with van der Waals surface area (Å²) < 4.78 is 0. The SMILES string of the molecule is C[C@@H]1CN(CCCc2ccccc2)[C@@H]2C[C@@H](NC(=O)C3(c4ccccc4)CCCC3)C[C@@]1(c1cccc(O)c1)C2. The number of nitrogens with zero attached hydrogens (tertiary/aromatic N) is 1. The second kappa shape index (κ2) is 11.4. The van der Waals surface area contributed by atoms with Crippen LogP contribution < -0.4 is 5.32 Å². The summed E-state index contributed by atoms with van der Waals surface area (Å²) >= 11 is 0. The van der Waals surface area contributed by atoms with Gasteiger partial charge in [-0.15, -0.1) is 0 Å². The van der Waals surface area contributed by atoms with Crippen molar-refractivity contribution in [2.75, 3.05) is 13.1 Å². The monoisotopic (exact) mass is 536 g/mol. The summed E-state index contributed by atoms with van der Waals surface area (Å²) in [6, 6.07) is 29.7. The lowest BCUT2D eigenvalue weighted by Crippen LogP contribution is -2.62. The summed E-state index contributed by atoms with van der Waals surface area (Å²) in [5.41, 5.74) is 3.34. The number of rotatable bonds is 8. The van der Waals surface area contributed by atoms with Crippen LogP contribution in [-0.4, -0.2) is 41.1 Å². The van der Waals surface area contributed by atoms with E-state index in [1.54, 1.807) is 6.07 Å². The van der Waals surface area contributed by atoms with E-state index in [0.29, 0.717) is 17.7 Å². The van der Waals surface area contributed by atoms with Gasteiger partial charge in [-0.2, -0.15) is 0 Å². The molecule has 3 aromatic rings. The number of phenolic OH excluding ortho intramolecular Hbond substituents is 1. The van der Waals surface area contributed by atoms with E-state index in [4.69, 9.17) is 0 Å². The van der Waals surface area contributed by atoms with Crippen LogP contribution >= 0.6 is 0 Å². The number of amides is 1. The third-order valence-corrected chi connectivity index (χ3v) is 10.5. The summed E-state index contributed by atoms with van der Waals surface area (Å²) in [5.74, 6) is 0.980. The van der Waals surface area contributed by atoms with Crippen molar-refractivity contribution in [3.63, 3.8) is 0 Å². The predicted octanol–water partition coefficient (Wildman–Crippen LogP) is 6.76. The van der Waals surface area contributed by atoms with E-state index in [0.717, 1.165) is 70.9 Å². The molecule has 1 saturated heterocycles. The van der Waals surface area contributed by atoms with Gasteiger partial charge in [0.15, 0.2) is 0 Å². The fourth-order valence-corrected chi connectivity index (χ4v) is 8.35. The Kier molecular flexibility index (Phi) is 7.72. The number of phenols is 1. The standard InChI is InChI=1S/C36H44N2O2/c1-27-26-38(21-11-14-28-12-4-2-5-13-28)32-23-31(24-36(27,25-32)30-17-10-18-33(39)22-30)37-34(40)35(19-8-9-20-35)29-15-6-3-7-16-29/h2-7,10,12-13,15-18,22,27,31-32,39H,8-9,11,14,19-21,23-26H2,1H3,(H,37,40)/t27-,31-,32-,36-/m1/s1. The van der Waals surface area contributed by atoms with E-state index in [1.165, 1.54) is 16.7 Å². The van der Waals surface area contributed by atoms with Crippen LogP contribution in [0.15, 0.2) is 84.9 Å². The molecular formula is C36H44N2O2.